The summed E-state index contributed by atoms with van der Waals surface area (Å²) in [5, 5.41) is 12.8. The minimum absolute atomic E-state index is 0.240. The molecule has 0 saturated carbocycles. The molecular weight excluding hydrogens is 212 g/mol. The fraction of sp³-hybridized carbons (Fsp3) is 1.00. The minimum Gasteiger partial charge on any atom is -0.395 e. The van der Waals surface area contributed by atoms with Gasteiger partial charge in [0.15, 0.2) is 0 Å². The maximum atomic E-state index is 9.36. The van der Waals surface area contributed by atoms with Gasteiger partial charge in [0.25, 0.3) is 0 Å². The van der Waals surface area contributed by atoms with Crippen LogP contribution >= 0.6 is 0 Å². The molecule has 17 heavy (non-hydrogen) atoms. The minimum atomic E-state index is 0.240. The number of rotatable bonds is 12. The molecule has 0 rings (SSSR count). The average molecular weight is 244 g/mol. The van der Waals surface area contributed by atoms with E-state index in [9.17, 15) is 5.11 Å². The Bertz CT molecular complexity index is 145. The molecule has 0 aliphatic heterocycles. The van der Waals surface area contributed by atoms with E-state index in [-0.39, 0.29) is 12.6 Å². The lowest BCUT2D eigenvalue weighted by molar-refractivity contribution is 0.178. The Hall–Kier alpha value is -0.120. The van der Waals surface area contributed by atoms with E-state index in [1.54, 1.807) is 0 Å². The predicted octanol–water partition coefficient (Wildman–Crippen LogP) is 2.25. The van der Waals surface area contributed by atoms with Gasteiger partial charge in [0.05, 0.1) is 6.61 Å². The van der Waals surface area contributed by atoms with Crippen LogP contribution in [0, 0.1) is 0 Å². The molecule has 0 aliphatic rings. The first kappa shape index (κ1) is 16.9. The normalized spacial score (nSPS) is 13.2. The van der Waals surface area contributed by atoms with Crippen molar-refractivity contribution < 1.29 is 5.11 Å². The first-order chi connectivity index (χ1) is 8.28. The summed E-state index contributed by atoms with van der Waals surface area (Å²) in [5.74, 6) is 0. The molecule has 0 radical (unpaired) electrons. The number of aliphatic hydroxyl groups is 1. The molecule has 1 unspecified atom stereocenters. The largest absolute Gasteiger partial charge is 0.395 e. The van der Waals surface area contributed by atoms with E-state index in [0.29, 0.717) is 0 Å². The van der Waals surface area contributed by atoms with Crippen molar-refractivity contribution in [3.63, 3.8) is 0 Å². The van der Waals surface area contributed by atoms with Crippen LogP contribution < -0.4 is 5.32 Å². The molecule has 0 amide bonds. The summed E-state index contributed by atoms with van der Waals surface area (Å²) in [5.41, 5.74) is 0. The predicted molar refractivity (Wildman–Crippen MR) is 75.4 cm³/mol. The summed E-state index contributed by atoms with van der Waals surface area (Å²) in [6.45, 7) is 11.2. The van der Waals surface area contributed by atoms with Crippen molar-refractivity contribution in [1.29, 1.82) is 0 Å². The molecule has 0 bridgehead atoms. The third-order valence-corrected chi connectivity index (χ3v) is 3.04. The number of hydrogen-bond donors (Lipinski definition) is 2. The van der Waals surface area contributed by atoms with E-state index in [1.807, 2.05) is 0 Å². The fourth-order valence-electron chi connectivity index (χ4n) is 1.90. The van der Waals surface area contributed by atoms with Gasteiger partial charge in [-0.1, -0.05) is 33.6 Å². The number of nitrogens with zero attached hydrogens (tertiary/aromatic N) is 1. The van der Waals surface area contributed by atoms with Gasteiger partial charge in [-0.05, 0) is 38.9 Å². The molecule has 0 aromatic heterocycles. The van der Waals surface area contributed by atoms with Gasteiger partial charge < -0.3 is 15.3 Å². The van der Waals surface area contributed by atoms with Crippen molar-refractivity contribution in [3.05, 3.63) is 0 Å². The molecule has 2 N–H and O–H groups in total. The summed E-state index contributed by atoms with van der Waals surface area (Å²) in [7, 11) is 0. The van der Waals surface area contributed by atoms with E-state index < -0.39 is 0 Å². The lowest BCUT2D eigenvalue weighted by Crippen LogP contribution is -2.44. The van der Waals surface area contributed by atoms with E-state index in [2.05, 4.69) is 31.0 Å². The molecule has 1 atom stereocenters. The van der Waals surface area contributed by atoms with Gasteiger partial charge in [-0.15, -0.1) is 0 Å². The number of aliphatic hydroxyl groups excluding tert-OH is 1. The van der Waals surface area contributed by atoms with Crippen LogP contribution in [0.5, 0.6) is 0 Å². The maximum Gasteiger partial charge on any atom is 0.0597 e. The topological polar surface area (TPSA) is 35.5 Å². The lowest BCUT2D eigenvalue weighted by atomic mass is 10.2. The molecule has 3 heteroatoms. The molecule has 0 aliphatic carbocycles. The number of nitrogens with one attached hydrogen (secondary N) is 1. The zero-order valence-electron chi connectivity index (χ0n) is 12.0. The van der Waals surface area contributed by atoms with Crippen molar-refractivity contribution in [3.8, 4) is 0 Å². The average Bonchev–Trinajstić information content (AvgIpc) is 2.36. The van der Waals surface area contributed by atoms with Crippen molar-refractivity contribution >= 4 is 0 Å². The van der Waals surface area contributed by atoms with E-state index in [1.165, 1.54) is 38.8 Å². The Morgan fingerprint density at radius 2 is 1.59 bits per heavy atom. The Kier molecular flexibility index (Phi) is 12.3. The quantitative estimate of drug-likeness (QED) is 0.553. The lowest BCUT2D eigenvalue weighted by Gasteiger charge is -2.27. The second-order valence-electron chi connectivity index (χ2n) is 4.84. The van der Waals surface area contributed by atoms with E-state index in [0.717, 1.165) is 19.5 Å². The Balaban J connectivity index is 3.97. The summed E-state index contributed by atoms with van der Waals surface area (Å²) < 4.78 is 0. The van der Waals surface area contributed by atoms with E-state index in [4.69, 9.17) is 0 Å². The number of unbranched alkanes of at least 4 members (excludes halogenated alkanes) is 2. The monoisotopic (exact) mass is 244 g/mol. The Labute approximate surface area is 108 Å². The van der Waals surface area contributed by atoms with Crippen LogP contribution in [0.3, 0.4) is 0 Å². The highest BCUT2D eigenvalue weighted by Gasteiger charge is 2.11. The highest BCUT2D eigenvalue weighted by Crippen LogP contribution is 2.01. The molecule has 0 heterocycles. The van der Waals surface area contributed by atoms with Crippen LogP contribution in [0.2, 0.25) is 0 Å². The van der Waals surface area contributed by atoms with Gasteiger partial charge in [-0.25, -0.2) is 0 Å². The van der Waals surface area contributed by atoms with Crippen LogP contribution in [0.1, 0.15) is 52.9 Å². The second-order valence-corrected chi connectivity index (χ2v) is 4.84. The van der Waals surface area contributed by atoms with Crippen LogP contribution in [0.15, 0.2) is 0 Å². The first-order valence-corrected chi connectivity index (χ1v) is 7.34. The summed E-state index contributed by atoms with van der Waals surface area (Å²) in [6, 6.07) is 0.240. The van der Waals surface area contributed by atoms with Crippen molar-refractivity contribution in [2.45, 2.75) is 58.9 Å². The zero-order valence-corrected chi connectivity index (χ0v) is 12.0. The van der Waals surface area contributed by atoms with Crippen LogP contribution in [0.4, 0.5) is 0 Å². The highest BCUT2D eigenvalue weighted by atomic mass is 16.3. The molecule has 0 fully saturated rings. The summed E-state index contributed by atoms with van der Waals surface area (Å²) in [4.78, 5) is 2.50. The third-order valence-electron chi connectivity index (χ3n) is 3.04. The van der Waals surface area contributed by atoms with Crippen LogP contribution in [-0.2, 0) is 0 Å². The molecule has 3 nitrogen and oxygen atoms in total. The van der Waals surface area contributed by atoms with Gasteiger partial charge in [-0.3, -0.25) is 0 Å². The standard InChI is InChI=1S/C14H32N2O/c1-4-7-10-16(11-8-5-2)12-14(13-17)15-9-6-3/h14-15,17H,4-13H2,1-3H3. The molecule has 0 aromatic rings. The molecule has 0 spiro atoms. The SMILES string of the molecule is CCCCN(CCCC)CC(CO)NCCC. The molecular formula is C14H32N2O. The molecule has 0 aromatic carbocycles. The summed E-state index contributed by atoms with van der Waals surface area (Å²) >= 11 is 0. The van der Waals surface area contributed by atoms with Crippen LogP contribution in [0.25, 0.3) is 0 Å². The Morgan fingerprint density at radius 1 is 1.00 bits per heavy atom. The van der Waals surface area contributed by atoms with E-state index >= 15 is 0 Å². The molecule has 104 valence electrons. The second kappa shape index (κ2) is 12.3. The van der Waals surface area contributed by atoms with Gasteiger partial charge in [0.2, 0.25) is 0 Å². The highest BCUT2D eigenvalue weighted by molar-refractivity contribution is 4.71. The maximum absolute atomic E-state index is 9.36. The smallest absolute Gasteiger partial charge is 0.0597 e. The van der Waals surface area contributed by atoms with Crippen molar-refractivity contribution in [1.82, 2.24) is 10.2 Å². The fourth-order valence-corrected chi connectivity index (χ4v) is 1.90. The summed E-state index contributed by atoms with van der Waals surface area (Å²) in [6.07, 6.45) is 6.13. The van der Waals surface area contributed by atoms with Crippen LogP contribution in [-0.4, -0.2) is 48.8 Å². The first-order valence-electron chi connectivity index (χ1n) is 7.34. The van der Waals surface area contributed by atoms with Gasteiger partial charge in [0, 0.05) is 12.6 Å². The third kappa shape index (κ3) is 9.57. The number of hydrogen-bond acceptors (Lipinski definition) is 3. The van der Waals surface area contributed by atoms with Gasteiger partial charge in [0.1, 0.15) is 0 Å². The van der Waals surface area contributed by atoms with Gasteiger partial charge >= 0.3 is 0 Å². The van der Waals surface area contributed by atoms with Crippen molar-refractivity contribution in [2.75, 3.05) is 32.8 Å². The zero-order chi connectivity index (χ0) is 12.9. The van der Waals surface area contributed by atoms with Gasteiger partial charge in [-0.2, -0.15) is 0 Å². The van der Waals surface area contributed by atoms with Crippen molar-refractivity contribution in [2.24, 2.45) is 0 Å². The molecule has 0 saturated heterocycles. The Morgan fingerprint density at radius 3 is 2.00 bits per heavy atom.